The van der Waals surface area contributed by atoms with Crippen molar-refractivity contribution in [2.45, 2.75) is 38.8 Å². The van der Waals surface area contributed by atoms with Gasteiger partial charge in [-0.3, -0.25) is 14.6 Å². The van der Waals surface area contributed by atoms with Gasteiger partial charge in [0.2, 0.25) is 0 Å². The van der Waals surface area contributed by atoms with Crippen molar-refractivity contribution in [2.75, 3.05) is 49.1 Å². The van der Waals surface area contributed by atoms with Crippen molar-refractivity contribution in [1.82, 2.24) is 4.90 Å². The van der Waals surface area contributed by atoms with E-state index in [1.54, 1.807) is 11.0 Å². The Kier molecular flexibility index (Phi) is 8.08. The fourth-order valence-electron chi connectivity index (χ4n) is 4.84. The minimum Gasteiger partial charge on any atom is -0.444 e. The summed E-state index contributed by atoms with van der Waals surface area (Å²) in [5.41, 5.74) is 3.85. The van der Waals surface area contributed by atoms with E-state index in [9.17, 15) is 14.7 Å². The van der Waals surface area contributed by atoms with E-state index in [4.69, 9.17) is 16.3 Å². The zero-order valence-electron chi connectivity index (χ0n) is 19.6. The number of piperidine rings is 1. The van der Waals surface area contributed by atoms with Crippen molar-refractivity contribution in [3.63, 3.8) is 0 Å². The molecule has 0 unspecified atom stereocenters. The summed E-state index contributed by atoms with van der Waals surface area (Å²) in [5, 5.41) is 9.83. The molecule has 0 atom stereocenters. The highest BCUT2D eigenvalue weighted by molar-refractivity contribution is 6.30. The molecule has 7 nitrogen and oxygen atoms in total. The monoisotopic (exact) mass is 485 g/mol. The molecule has 0 radical (unpaired) electrons. The van der Waals surface area contributed by atoms with Crippen LogP contribution in [0.2, 0.25) is 5.02 Å². The van der Waals surface area contributed by atoms with E-state index in [1.165, 1.54) is 0 Å². The first-order valence-electron chi connectivity index (χ1n) is 11.9. The molecular formula is C26H32ClN3O4. The van der Waals surface area contributed by atoms with Gasteiger partial charge in [-0.2, -0.15) is 0 Å². The Labute approximate surface area is 205 Å². The smallest absolute Gasteiger partial charge is 0.414 e. The van der Waals surface area contributed by atoms with Gasteiger partial charge in [0.05, 0.1) is 18.8 Å². The average molecular weight is 486 g/mol. The first kappa shape index (κ1) is 24.5. The molecule has 4 rings (SSSR count). The molecule has 2 aromatic carbocycles. The van der Waals surface area contributed by atoms with E-state index in [0.29, 0.717) is 24.5 Å². The molecule has 1 saturated heterocycles. The molecule has 8 heteroatoms. The number of rotatable bonds is 9. The van der Waals surface area contributed by atoms with Crippen LogP contribution in [-0.2, 0) is 22.6 Å². The third-order valence-corrected chi connectivity index (χ3v) is 6.86. The predicted octanol–water partition coefficient (Wildman–Crippen LogP) is 3.89. The van der Waals surface area contributed by atoms with Crippen LogP contribution >= 0.6 is 11.6 Å². The van der Waals surface area contributed by atoms with Crippen LogP contribution in [0.1, 0.15) is 30.9 Å². The summed E-state index contributed by atoms with van der Waals surface area (Å²) >= 11 is 6.10. The summed E-state index contributed by atoms with van der Waals surface area (Å²) < 4.78 is 5.37. The highest BCUT2D eigenvalue weighted by atomic mass is 35.5. The number of likely N-dealkylation sites (tertiary alicyclic amines) is 1. The number of fused-ring (bicyclic) bond motifs is 1. The Balaban J connectivity index is 1.29. The zero-order valence-corrected chi connectivity index (χ0v) is 20.3. The second kappa shape index (κ2) is 11.2. The lowest BCUT2D eigenvalue weighted by atomic mass is 10.00. The van der Waals surface area contributed by atoms with Crippen LogP contribution in [0.5, 0.6) is 0 Å². The lowest BCUT2D eigenvalue weighted by molar-refractivity contribution is -0.119. The summed E-state index contributed by atoms with van der Waals surface area (Å²) in [7, 11) is 0. The highest BCUT2D eigenvalue weighted by Crippen LogP contribution is 2.33. The van der Waals surface area contributed by atoms with E-state index in [-0.39, 0.29) is 31.1 Å². The Morgan fingerprint density at radius 2 is 1.91 bits per heavy atom. The molecule has 2 aliphatic heterocycles. The largest absolute Gasteiger partial charge is 0.444 e. The van der Waals surface area contributed by atoms with Gasteiger partial charge in [-0.1, -0.05) is 23.7 Å². The van der Waals surface area contributed by atoms with E-state index in [0.717, 1.165) is 55.0 Å². The number of nitrogens with zero attached hydrogens (tertiary/aromatic N) is 3. The fourth-order valence-corrected chi connectivity index (χ4v) is 5.04. The molecule has 1 amide bonds. The average Bonchev–Trinajstić information content (AvgIpc) is 2.84. The van der Waals surface area contributed by atoms with Crippen LogP contribution in [0.3, 0.4) is 0 Å². The van der Waals surface area contributed by atoms with Crippen LogP contribution in [0.15, 0.2) is 42.5 Å². The minimum absolute atomic E-state index is 0.0482. The number of hydrogen-bond acceptors (Lipinski definition) is 6. The van der Waals surface area contributed by atoms with Gasteiger partial charge >= 0.3 is 6.09 Å². The Morgan fingerprint density at radius 3 is 2.59 bits per heavy atom. The van der Waals surface area contributed by atoms with Gasteiger partial charge in [0, 0.05) is 54.9 Å². The Morgan fingerprint density at radius 1 is 1.18 bits per heavy atom. The molecule has 0 aromatic heterocycles. The van der Waals surface area contributed by atoms with Gasteiger partial charge in [0.1, 0.15) is 6.61 Å². The summed E-state index contributed by atoms with van der Waals surface area (Å²) in [6, 6.07) is 13.6. The number of likely N-dealkylation sites (N-methyl/N-ethyl adjacent to an activating group) is 1. The van der Waals surface area contributed by atoms with Gasteiger partial charge in [-0.25, -0.2) is 4.79 Å². The summed E-state index contributed by atoms with van der Waals surface area (Å²) in [6.07, 6.45) is 1.67. The molecule has 34 heavy (non-hydrogen) atoms. The highest BCUT2D eigenvalue weighted by Gasteiger charge is 2.34. The molecule has 2 aromatic rings. The number of hydrogen-bond donors (Lipinski definition) is 1. The lowest BCUT2D eigenvalue weighted by Gasteiger charge is -2.40. The summed E-state index contributed by atoms with van der Waals surface area (Å²) in [4.78, 5) is 31.2. The number of ketones is 1. The molecule has 1 N–H and O–H groups in total. The lowest BCUT2D eigenvalue weighted by Crippen LogP contribution is -2.50. The predicted molar refractivity (Wildman–Crippen MR) is 134 cm³/mol. The van der Waals surface area contributed by atoms with Gasteiger partial charge < -0.3 is 14.7 Å². The maximum atomic E-state index is 12.7. The van der Waals surface area contributed by atoms with Crippen molar-refractivity contribution in [1.29, 1.82) is 0 Å². The molecule has 1 fully saturated rings. The van der Waals surface area contributed by atoms with Crippen molar-refractivity contribution in [3.05, 3.63) is 58.6 Å². The van der Waals surface area contributed by atoms with Gasteiger partial charge in [0.15, 0.2) is 5.78 Å². The zero-order chi connectivity index (χ0) is 24.1. The standard InChI is InChI=1S/C26H32ClN3O4/c1-2-29(13-14-31)22-6-3-19(4-7-22)15-24(32)17-28-11-9-23(10-12-28)30-25-8-5-21(27)16-20(25)18-34-26(30)33/h3-8,16,23,31H,2,9-15,17-18H2,1H3. The molecular weight excluding hydrogens is 454 g/mol. The molecule has 0 bridgehead atoms. The third-order valence-electron chi connectivity index (χ3n) is 6.63. The number of ether oxygens (including phenoxy) is 1. The molecule has 0 saturated carbocycles. The SMILES string of the molecule is CCN(CCO)c1ccc(CC(=O)CN2CCC(N3C(=O)OCc4cc(Cl)ccc43)CC2)cc1. The van der Waals surface area contributed by atoms with Crippen molar-refractivity contribution >= 4 is 34.9 Å². The van der Waals surface area contributed by atoms with Gasteiger partial charge in [-0.15, -0.1) is 0 Å². The molecule has 2 heterocycles. The number of carbonyl (C=O) groups excluding carboxylic acids is 2. The quantitative estimate of drug-likeness (QED) is 0.581. The number of anilines is 2. The maximum Gasteiger partial charge on any atom is 0.414 e. The van der Waals surface area contributed by atoms with Crippen LogP contribution < -0.4 is 9.80 Å². The molecule has 182 valence electrons. The number of carbonyl (C=O) groups is 2. The number of halogens is 1. The number of aliphatic hydroxyl groups excluding tert-OH is 1. The Bertz CT molecular complexity index is 1010. The van der Waals surface area contributed by atoms with Crippen LogP contribution in [0.4, 0.5) is 16.2 Å². The second-order valence-corrected chi connectivity index (χ2v) is 9.33. The summed E-state index contributed by atoms with van der Waals surface area (Å²) in [6.45, 7) is 5.77. The van der Waals surface area contributed by atoms with E-state index in [1.807, 2.05) is 36.4 Å². The third kappa shape index (κ3) is 5.71. The number of aliphatic hydroxyl groups is 1. The fraction of sp³-hybridized carbons (Fsp3) is 0.462. The number of amides is 1. The van der Waals surface area contributed by atoms with Crippen LogP contribution in [0, 0.1) is 0 Å². The second-order valence-electron chi connectivity index (χ2n) is 8.89. The van der Waals surface area contributed by atoms with Crippen molar-refractivity contribution < 1.29 is 19.4 Å². The maximum absolute atomic E-state index is 12.7. The van der Waals surface area contributed by atoms with Crippen LogP contribution in [0.25, 0.3) is 0 Å². The molecule has 0 spiro atoms. The van der Waals surface area contributed by atoms with E-state index < -0.39 is 0 Å². The van der Waals surface area contributed by atoms with E-state index in [2.05, 4.69) is 16.7 Å². The molecule has 2 aliphatic rings. The molecule has 0 aliphatic carbocycles. The van der Waals surface area contributed by atoms with E-state index >= 15 is 0 Å². The first-order chi connectivity index (χ1) is 16.5. The topological polar surface area (TPSA) is 73.3 Å². The van der Waals surface area contributed by atoms with Crippen molar-refractivity contribution in [2.24, 2.45) is 0 Å². The minimum atomic E-state index is -0.312. The Hall–Kier alpha value is -2.61. The number of benzene rings is 2. The first-order valence-corrected chi connectivity index (χ1v) is 12.3. The normalized spacial score (nSPS) is 16.8. The number of cyclic esters (lactones) is 1. The van der Waals surface area contributed by atoms with Crippen molar-refractivity contribution in [3.8, 4) is 0 Å². The number of Topliss-reactive ketones (excluding diaryl/α,β-unsaturated/α-hetero) is 1. The van der Waals surface area contributed by atoms with Crippen LogP contribution in [-0.4, -0.2) is 67.3 Å². The van der Waals surface area contributed by atoms with Gasteiger partial charge in [-0.05, 0) is 55.7 Å². The van der Waals surface area contributed by atoms with Gasteiger partial charge in [0.25, 0.3) is 0 Å². The summed E-state index contributed by atoms with van der Waals surface area (Å²) in [5.74, 6) is 0.186.